The molecule has 0 spiro atoms. The first-order valence-corrected chi connectivity index (χ1v) is 6.01. The quantitative estimate of drug-likeness (QED) is 0.790. The maximum absolute atomic E-state index is 12.0. The Morgan fingerprint density at radius 3 is 2.47 bits per heavy atom. The van der Waals surface area contributed by atoms with E-state index in [4.69, 9.17) is 4.74 Å². The zero-order valence-electron chi connectivity index (χ0n) is 11.4. The molecule has 0 radical (unpaired) electrons. The van der Waals surface area contributed by atoms with Gasteiger partial charge in [-0.3, -0.25) is 0 Å². The summed E-state index contributed by atoms with van der Waals surface area (Å²) < 4.78 is 5.42. The Labute approximate surface area is 110 Å². The van der Waals surface area contributed by atoms with Gasteiger partial charge in [-0.2, -0.15) is 0 Å². The summed E-state index contributed by atoms with van der Waals surface area (Å²) in [6.45, 7) is 12.4. The van der Waals surface area contributed by atoms with Crippen LogP contribution >= 0.6 is 12.4 Å². The van der Waals surface area contributed by atoms with E-state index in [1.54, 1.807) is 0 Å². The van der Waals surface area contributed by atoms with E-state index in [1.807, 2.05) is 25.7 Å². The Bertz CT molecular complexity index is 251. The molecule has 1 N–H and O–H groups in total. The van der Waals surface area contributed by atoms with E-state index >= 15 is 0 Å². The number of nitrogens with one attached hydrogen (secondary N) is 1. The number of rotatable bonds is 1. The largest absolute Gasteiger partial charge is 0.444 e. The number of ether oxygens (including phenoxy) is 1. The summed E-state index contributed by atoms with van der Waals surface area (Å²) in [7, 11) is 0. The Hall–Kier alpha value is -0.480. The molecule has 1 saturated heterocycles. The minimum atomic E-state index is -0.413. The molecule has 0 bridgehead atoms. The van der Waals surface area contributed by atoms with Crippen molar-refractivity contribution >= 4 is 18.5 Å². The van der Waals surface area contributed by atoms with E-state index in [-0.39, 0.29) is 24.5 Å². The van der Waals surface area contributed by atoms with Gasteiger partial charge in [-0.25, -0.2) is 4.79 Å². The van der Waals surface area contributed by atoms with E-state index < -0.39 is 5.60 Å². The van der Waals surface area contributed by atoms with Gasteiger partial charge in [0, 0.05) is 25.7 Å². The van der Waals surface area contributed by atoms with Crippen LogP contribution in [-0.4, -0.2) is 42.3 Å². The Kier molecular flexibility index (Phi) is 6.27. The molecule has 0 aromatic heterocycles. The molecule has 0 saturated carbocycles. The molecular formula is C12H25ClN2O2. The minimum Gasteiger partial charge on any atom is -0.444 e. The lowest BCUT2D eigenvalue weighted by molar-refractivity contribution is 0.00652. The average molecular weight is 265 g/mol. The molecule has 17 heavy (non-hydrogen) atoms. The smallest absolute Gasteiger partial charge is 0.410 e. The fourth-order valence-electron chi connectivity index (χ4n) is 1.87. The van der Waals surface area contributed by atoms with E-state index in [0.29, 0.717) is 5.92 Å². The lowest BCUT2D eigenvalue weighted by Crippen LogP contribution is -2.56. The molecule has 0 unspecified atom stereocenters. The molecule has 0 aromatic carbocycles. The predicted octanol–water partition coefficient (Wildman–Crippen LogP) is 2.27. The van der Waals surface area contributed by atoms with E-state index in [9.17, 15) is 4.79 Å². The number of amides is 1. The standard InChI is InChI=1S/C12H24N2O2.ClH/c1-9(2)10-8-13-6-7-14(10)11(15)16-12(3,4)5;/h9-10,13H,6-8H2,1-5H3;1H/t10-;/m1./s1. The van der Waals surface area contributed by atoms with Crippen molar-refractivity contribution in [2.24, 2.45) is 5.92 Å². The normalized spacial score (nSPS) is 21.1. The van der Waals surface area contributed by atoms with Crippen LogP contribution in [0.4, 0.5) is 4.79 Å². The summed E-state index contributed by atoms with van der Waals surface area (Å²) in [4.78, 5) is 13.9. The fraction of sp³-hybridized carbons (Fsp3) is 0.917. The van der Waals surface area contributed by atoms with Crippen molar-refractivity contribution in [3.63, 3.8) is 0 Å². The Morgan fingerprint density at radius 2 is 2.00 bits per heavy atom. The van der Waals surface area contributed by atoms with Crippen LogP contribution in [0.15, 0.2) is 0 Å². The van der Waals surface area contributed by atoms with Gasteiger partial charge in [0.25, 0.3) is 0 Å². The molecule has 4 nitrogen and oxygen atoms in total. The van der Waals surface area contributed by atoms with Crippen molar-refractivity contribution < 1.29 is 9.53 Å². The summed E-state index contributed by atoms with van der Waals surface area (Å²) >= 11 is 0. The molecule has 5 heteroatoms. The third-order valence-electron chi connectivity index (χ3n) is 2.68. The lowest BCUT2D eigenvalue weighted by atomic mass is 10.0. The number of hydrogen-bond donors (Lipinski definition) is 1. The molecule has 0 aliphatic carbocycles. The molecular weight excluding hydrogens is 240 g/mol. The zero-order valence-corrected chi connectivity index (χ0v) is 12.3. The Balaban J connectivity index is 0.00000256. The molecule has 1 amide bonds. The second-order valence-corrected chi connectivity index (χ2v) is 5.69. The summed E-state index contributed by atoms with van der Waals surface area (Å²) in [5, 5.41) is 3.31. The first-order chi connectivity index (χ1) is 7.31. The number of halogens is 1. The van der Waals surface area contributed by atoms with Crippen LogP contribution in [0.25, 0.3) is 0 Å². The van der Waals surface area contributed by atoms with Gasteiger partial charge in [0.15, 0.2) is 0 Å². The molecule has 1 atom stereocenters. The van der Waals surface area contributed by atoms with Gasteiger partial charge in [0.05, 0.1) is 0 Å². The highest BCUT2D eigenvalue weighted by Crippen LogP contribution is 2.17. The number of carbonyl (C=O) groups excluding carboxylic acids is 1. The maximum atomic E-state index is 12.0. The van der Waals surface area contributed by atoms with Gasteiger partial charge in [-0.1, -0.05) is 13.8 Å². The number of carbonyl (C=O) groups is 1. The van der Waals surface area contributed by atoms with Crippen LogP contribution in [0.3, 0.4) is 0 Å². The number of nitrogens with zero attached hydrogens (tertiary/aromatic N) is 1. The first-order valence-electron chi connectivity index (χ1n) is 6.01. The SMILES string of the molecule is CC(C)[C@H]1CNCCN1C(=O)OC(C)(C)C.Cl. The topological polar surface area (TPSA) is 41.6 Å². The highest BCUT2D eigenvalue weighted by molar-refractivity contribution is 5.85. The van der Waals surface area contributed by atoms with Crippen molar-refractivity contribution in [3.8, 4) is 0 Å². The Morgan fingerprint density at radius 1 is 1.41 bits per heavy atom. The maximum Gasteiger partial charge on any atom is 0.410 e. The van der Waals surface area contributed by atoms with Gasteiger partial charge in [0.1, 0.15) is 5.60 Å². The molecule has 0 aromatic rings. The first kappa shape index (κ1) is 16.5. The molecule has 1 rings (SSSR count). The lowest BCUT2D eigenvalue weighted by Gasteiger charge is -2.39. The summed E-state index contributed by atoms with van der Waals surface area (Å²) in [6, 6.07) is 0.239. The molecule has 1 fully saturated rings. The number of piperazine rings is 1. The van der Waals surface area contributed by atoms with Crippen LogP contribution in [-0.2, 0) is 4.74 Å². The molecule has 1 aliphatic rings. The van der Waals surface area contributed by atoms with Gasteiger partial charge in [-0.05, 0) is 26.7 Å². The number of hydrogen-bond acceptors (Lipinski definition) is 3. The second kappa shape index (κ2) is 6.45. The highest BCUT2D eigenvalue weighted by Gasteiger charge is 2.31. The van der Waals surface area contributed by atoms with Crippen LogP contribution in [0.1, 0.15) is 34.6 Å². The summed E-state index contributed by atoms with van der Waals surface area (Å²) in [5.74, 6) is 0.445. The highest BCUT2D eigenvalue weighted by atomic mass is 35.5. The van der Waals surface area contributed by atoms with Crippen molar-refractivity contribution in [2.75, 3.05) is 19.6 Å². The van der Waals surface area contributed by atoms with E-state index in [0.717, 1.165) is 19.6 Å². The minimum absolute atomic E-state index is 0. The summed E-state index contributed by atoms with van der Waals surface area (Å²) in [6.07, 6.45) is -0.187. The van der Waals surface area contributed by atoms with Gasteiger partial charge in [0.2, 0.25) is 0 Å². The van der Waals surface area contributed by atoms with E-state index in [2.05, 4.69) is 19.2 Å². The van der Waals surface area contributed by atoms with Crippen molar-refractivity contribution in [1.29, 1.82) is 0 Å². The second-order valence-electron chi connectivity index (χ2n) is 5.69. The third kappa shape index (κ3) is 5.13. The van der Waals surface area contributed by atoms with Crippen LogP contribution < -0.4 is 5.32 Å². The van der Waals surface area contributed by atoms with Crippen LogP contribution in [0.2, 0.25) is 0 Å². The van der Waals surface area contributed by atoms with Crippen molar-refractivity contribution in [2.45, 2.75) is 46.3 Å². The van der Waals surface area contributed by atoms with Gasteiger partial charge >= 0.3 is 6.09 Å². The monoisotopic (exact) mass is 264 g/mol. The van der Waals surface area contributed by atoms with Gasteiger partial charge < -0.3 is 15.0 Å². The molecule has 102 valence electrons. The van der Waals surface area contributed by atoms with E-state index in [1.165, 1.54) is 0 Å². The van der Waals surface area contributed by atoms with Crippen molar-refractivity contribution in [1.82, 2.24) is 10.2 Å². The van der Waals surface area contributed by atoms with Crippen LogP contribution in [0, 0.1) is 5.92 Å². The van der Waals surface area contributed by atoms with Crippen LogP contribution in [0.5, 0.6) is 0 Å². The average Bonchev–Trinajstić information content (AvgIpc) is 2.15. The fourth-order valence-corrected chi connectivity index (χ4v) is 1.87. The van der Waals surface area contributed by atoms with Crippen molar-refractivity contribution in [3.05, 3.63) is 0 Å². The predicted molar refractivity (Wildman–Crippen MR) is 71.7 cm³/mol. The third-order valence-corrected chi connectivity index (χ3v) is 2.68. The molecule has 1 aliphatic heterocycles. The van der Waals surface area contributed by atoms with Gasteiger partial charge in [-0.15, -0.1) is 12.4 Å². The summed E-state index contributed by atoms with van der Waals surface area (Å²) in [5.41, 5.74) is -0.413. The zero-order chi connectivity index (χ0) is 12.3. The molecule has 1 heterocycles.